The number of thiazole rings is 1. The zero-order valence-corrected chi connectivity index (χ0v) is 14.1. The maximum atomic E-state index is 12.6. The second-order valence-corrected chi connectivity index (χ2v) is 6.93. The predicted octanol–water partition coefficient (Wildman–Crippen LogP) is 3.11. The molecule has 1 aromatic heterocycles. The number of fused-ring (bicyclic) bond motifs is 1. The molecule has 2 aromatic rings. The number of aryl methyl sites for hydroxylation is 1. The van der Waals surface area contributed by atoms with E-state index in [-0.39, 0.29) is 12.1 Å². The quantitative estimate of drug-likeness (QED) is 0.878. The summed E-state index contributed by atoms with van der Waals surface area (Å²) < 4.78 is 5.75. The number of anilines is 2. The molecule has 0 bridgehead atoms. The third kappa shape index (κ3) is 3.22. The van der Waals surface area contributed by atoms with Gasteiger partial charge in [0.25, 0.3) is 0 Å². The molecule has 2 aliphatic heterocycles. The Hall–Kier alpha value is -2.12. The highest BCUT2D eigenvalue weighted by Crippen LogP contribution is 2.27. The van der Waals surface area contributed by atoms with Gasteiger partial charge in [0, 0.05) is 36.0 Å². The van der Waals surface area contributed by atoms with Gasteiger partial charge in [-0.2, -0.15) is 0 Å². The molecular formula is C17H20N4O2S. The molecule has 4 rings (SSSR count). The second-order valence-electron chi connectivity index (χ2n) is 6.01. The van der Waals surface area contributed by atoms with Crippen molar-refractivity contribution in [1.82, 2.24) is 9.88 Å². The van der Waals surface area contributed by atoms with Crippen LogP contribution in [0.1, 0.15) is 23.1 Å². The number of amides is 2. The van der Waals surface area contributed by atoms with E-state index in [9.17, 15) is 4.79 Å². The molecule has 0 spiro atoms. The lowest BCUT2D eigenvalue weighted by Crippen LogP contribution is -2.44. The molecule has 1 atom stereocenters. The Balaban J connectivity index is 1.42. The summed E-state index contributed by atoms with van der Waals surface area (Å²) in [6.45, 7) is 2.68. The average molecular weight is 344 g/mol. The van der Waals surface area contributed by atoms with Gasteiger partial charge in [0.1, 0.15) is 11.1 Å². The summed E-state index contributed by atoms with van der Waals surface area (Å²) in [6, 6.07) is 5.98. The molecule has 1 saturated heterocycles. The van der Waals surface area contributed by atoms with Crippen molar-refractivity contribution in [3.05, 3.63) is 40.3 Å². The van der Waals surface area contributed by atoms with Crippen molar-refractivity contribution in [3.63, 3.8) is 0 Å². The molecule has 0 saturated carbocycles. The van der Waals surface area contributed by atoms with Gasteiger partial charge in [0.15, 0.2) is 0 Å². The topological polar surface area (TPSA) is 66.5 Å². The molecule has 1 aromatic carbocycles. The first-order chi connectivity index (χ1) is 11.8. The Morgan fingerprint density at radius 2 is 2.42 bits per heavy atom. The van der Waals surface area contributed by atoms with Crippen LogP contribution in [-0.2, 0) is 11.2 Å². The summed E-state index contributed by atoms with van der Waals surface area (Å²) in [6.07, 6.45) is 3.82. The van der Waals surface area contributed by atoms with E-state index in [4.69, 9.17) is 4.74 Å². The van der Waals surface area contributed by atoms with Crippen LogP contribution < -0.4 is 10.6 Å². The smallest absolute Gasteiger partial charge is 0.322 e. The predicted molar refractivity (Wildman–Crippen MR) is 94.7 cm³/mol. The number of urea groups is 1. The van der Waals surface area contributed by atoms with Gasteiger partial charge in [0.05, 0.1) is 13.2 Å². The second kappa shape index (κ2) is 6.78. The Labute approximate surface area is 144 Å². The molecular weight excluding hydrogens is 324 g/mol. The summed E-state index contributed by atoms with van der Waals surface area (Å²) in [7, 11) is 0. The molecule has 1 fully saturated rings. The fourth-order valence-corrected chi connectivity index (χ4v) is 3.81. The standard InChI is InChI=1S/C17H20N4O2S/c22-17(20-13-3-4-14-12(10-13)2-1-5-18-14)21-7-8-23-15(11-21)16-19-6-9-24-16/h3-4,6,9-10,15,18H,1-2,5,7-8,11H2,(H,20,22)/t15-/m0/s1. The van der Waals surface area contributed by atoms with Crippen LogP contribution >= 0.6 is 11.3 Å². The lowest BCUT2D eigenvalue weighted by atomic mass is 10.0. The SMILES string of the molecule is O=C(Nc1ccc2c(c1)CCCN2)N1CCO[C@H](c2nccs2)C1. The minimum Gasteiger partial charge on any atom is -0.385 e. The van der Waals surface area contributed by atoms with Crippen LogP contribution in [0.5, 0.6) is 0 Å². The van der Waals surface area contributed by atoms with Crippen LogP contribution in [0.3, 0.4) is 0 Å². The summed E-state index contributed by atoms with van der Waals surface area (Å²) in [4.78, 5) is 18.7. The van der Waals surface area contributed by atoms with Gasteiger partial charge in [-0.1, -0.05) is 0 Å². The van der Waals surface area contributed by atoms with Crippen molar-refractivity contribution in [2.75, 3.05) is 36.9 Å². The number of hydrogen-bond donors (Lipinski definition) is 2. The average Bonchev–Trinajstić information content (AvgIpc) is 3.16. The van der Waals surface area contributed by atoms with E-state index < -0.39 is 0 Å². The number of ether oxygens (including phenoxy) is 1. The number of benzene rings is 1. The van der Waals surface area contributed by atoms with Gasteiger partial charge in [-0.3, -0.25) is 0 Å². The first-order valence-corrected chi connectivity index (χ1v) is 9.11. The maximum Gasteiger partial charge on any atom is 0.322 e. The molecule has 126 valence electrons. The highest BCUT2D eigenvalue weighted by molar-refractivity contribution is 7.09. The molecule has 0 aliphatic carbocycles. The van der Waals surface area contributed by atoms with Crippen molar-refractivity contribution in [3.8, 4) is 0 Å². The fraction of sp³-hybridized carbons (Fsp3) is 0.412. The number of morpholine rings is 1. The minimum absolute atomic E-state index is 0.0800. The Morgan fingerprint density at radius 1 is 1.46 bits per heavy atom. The zero-order valence-electron chi connectivity index (χ0n) is 13.3. The van der Waals surface area contributed by atoms with Gasteiger partial charge in [-0.05, 0) is 36.6 Å². The number of carbonyl (C=O) groups excluding carboxylic acids is 1. The fourth-order valence-electron chi connectivity index (χ4n) is 3.13. The van der Waals surface area contributed by atoms with Crippen molar-refractivity contribution in [1.29, 1.82) is 0 Å². The van der Waals surface area contributed by atoms with Gasteiger partial charge >= 0.3 is 6.03 Å². The molecule has 0 unspecified atom stereocenters. The first-order valence-electron chi connectivity index (χ1n) is 8.23. The van der Waals surface area contributed by atoms with E-state index in [2.05, 4.69) is 21.7 Å². The summed E-state index contributed by atoms with van der Waals surface area (Å²) in [5, 5.41) is 9.25. The van der Waals surface area contributed by atoms with E-state index in [0.29, 0.717) is 19.7 Å². The lowest BCUT2D eigenvalue weighted by molar-refractivity contribution is -0.0135. The van der Waals surface area contributed by atoms with Crippen LogP contribution in [0.15, 0.2) is 29.8 Å². The van der Waals surface area contributed by atoms with E-state index in [1.165, 1.54) is 11.3 Å². The van der Waals surface area contributed by atoms with Crippen LogP contribution in [0.2, 0.25) is 0 Å². The minimum atomic E-state index is -0.128. The van der Waals surface area contributed by atoms with Crippen molar-refractivity contribution in [2.45, 2.75) is 18.9 Å². The van der Waals surface area contributed by atoms with E-state index in [1.807, 2.05) is 17.5 Å². The summed E-state index contributed by atoms with van der Waals surface area (Å²) in [5.41, 5.74) is 3.29. The molecule has 2 N–H and O–H groups in total. The number of nitrogens with one attached hydrogen (secondary N) is 2. The largest absolute Gasteiger partial charge is 0.385 e. The zero-order chi connectivity index (χ0) is 16.4. The van der Waals surface area contributed by atoms with Crippen LogP contribution in [0.25, 0.3) is 0 Å². The first kappa shape index (κ1) is 15.4. The molecule has 7 heteroatoms. The number of rotatable bonds is 2. The molecule has 24 heavy (non-hydrogen) atoms. The monoisotopic (exact) mass is 344 g/mol. The Bertz CT molecular complexity index is 719. The van der Waals surface area contributed by atoms with Gasteiger partial charge in [-0.25, -0.2) is 9.78 Å². The van der Waals surface area contributed by atoms with Crippen molar-refractivity contribution < 1.29 is 9.53 Å². The third-order valence-electron chi connectivity index (χ3n) is 4.38. The number of hydrogen-bond acceptors (Lipinski definition) is 5. The van der Waals surface area contributed by atoms with Gasteiger partial charge in [-0.15, -0.1) is 11.3 Å². The summed E-state index contributed by atoms with van der Waals surface area (Å²) in [5.74, 6) is 0. The van der Waals surface area contributed by atoms with Crippen molar-refractivity contribution in [2.24, 2.45) is 0 Å². The number of aromatic nitrogens is 1. The number of carbonyl (C=O) groups is 1. The molecule has 6 nitrogen and oxygen atoms in total. The van der Waals surface area contributed by atoms with Crippen LogP contribution in [-0.4, -0.2) is 42.2 Å². The van der Waals surface area contributed by atoms with Crippen molar-refractivity contribution >= 4 is 28.7 Å². The maximum absolute atomic E-state index is 12.6. The van der Waals surface area contributed by atoms with Crippen LogP contribution in [0, 0.1) is 0 Å². The van der Waals surface area contributed by atoms with E-state index in [0.717, 1.165) is 30.1 Å². The molecule has 2 amide bonds. The Kier molecular flexibility index (Phi) is 4.36. The lowest BCUT2D eigenvalue weighted by Gasteiger charge is -2.32. The normalized spacial score (nSPS) is 20.2. The molecule has 3 heterocycles. The van der Waals surface area contributed by atoms with E-state index >= 15 is 0 Å². The molecule has 0 radical (unpaired) electrons. The molecule has 2 aliphatic rings. The number of nitrogens with zero attached hydrogens (tertiary/aromatic N) is 2. The highest BCUT2D eigenvalue weighted by atomic mass is 32.1. The van der Waals surface area contributed by atoms with Gasteiger partial charge < -0.3 is 20.3 Å². The third-order valence-corrected chi connectivity index (χ3v) is 5.24. The van der Waals surface area contributed by atoms with Crippen LogP contribution in [0.4, 0.5) is 16.2 Å². The summed E-state index contributed by atoms with van der Waals surface area (Å²) >= 11 is 1.56. The highest BCUT2D eigenvalue weighted by Gasteiger charge is 2.27. The van der Waals surface area contributed by atoms with E-state index in [1.54, 1.807) is 22.4 Å². The Morgan fingerprint density at radius 3 is 3.29 bits per heavy atom. The van der Waals surface area contributed by atoms with Gasteiger partial charge in [0.2, 0.25) is 0 Å².